The third-order valence-electron chi connectivity index (χ3n) is 1.49. The third-order valence-corrected chi connectivity index (χ3v) is 1.49. The van der Waals surface area contributed by atoms with Gasteiger partial charge in [-0.15, -0.1) is 0 Å². The summed E-state index contributed by atoms with van der Waals surface area (Å²) in [6.45, 7) is 4.38. The molecular weight excluding hydrogens is 182 g/mol. The minimum Gasteiger partial charge on any atom is -0.449 e. The average molecular weight is 197 g/mol. The zero-order valence-corrected chi connectivity index (χ0v) is 8.65. The van der Waals surface area contributed by atoms with Crippen LogP contribution in [0.25, 0.3) is 0 Å². The van der Waals surface area contributed by atoms with E-state index in [1.54, 1.807) is 24.0 Å². The molecule has 14 heavy (non-hydrogen) atoms. The Kier molecular flexibility index (Phi) is 3.50. The van der Waals surface area contributed by atoms with Gasteiger partial charge in [0.15, 0.2) is 5.82 Å². The summed E-state index contributed by atoms with van der Waals surface area (Å²) < 4.78 is 6.53. The molecule has 0 aliphatic rings. The highest BCUT2D eigenvalue weighted by Crippen LogP contribution is 2.02. The van der Waals surface area contributed by atoms with E-state index in [4.69, 9.17) is 4.74 Å². The van der Waals surface area contributed by atoms with E-state index < -0.39 is 6.09 Å². The molecule has 0 bridgehead atoms. The molecule has 0 unspecified atom stereocenters. The van der Waals surface area contributed by atoms with Gasteiger partial charge in [-0.2, -0.15) is 5.10 Å². The van der Waals surface area contributed by atoms with Crippen molar-refractivity contribution in [2.45, 2.75) is 13.8 Å². The van der Waals surface area contributed by atoms with Crippen molar-refractivity contribution >= 4 is 11.9 Å². The van der Waals surface area contributed by atoms with Crippen LogP contribution >= 0.6 is 0 Å². The van der Waals surface area contributed by atoms with Crippen molar-refractivity contribution in [1.29, 1.82) is 0 Å². The van der Waals surface area contributed by atoms with Gasteiger partial charge in [0.1, 0.15) is 0 Å². The first-order chi connectivity index (χ1) is 6.58. The smallest absolute Gasteiger partial charge is 0.412 e. The summed E-state index contributed by atoms with van der Waals surface area (Å²) in [4.78, 5) is 11.1. The van der Waals surface area contributed by atoms with Crippen molar-refractivity contribution in [1.82, 2.24) is 9.78 Å². The molecule has 0 aliphatic carbocycles. The lowest BCUT2D eigenvalue weighted by Crippen LogP contribution is -2.16. The van der Waals surface area contributed by atoms with E-state index in [0.29, 0.717) is 18.3 Å². The molecule has 0 saturated heterocycles. The van der Waals surface area contributed by atoms with Gasteiger partial charge in [0.05, 0.1) is 6.61 Å². The molecule has 0 atom stereocenters. The number of nitrogens with zero attached hydrogens (tertiary/aromatic N) is 2. The van der Waals surface area contributed by atoms with Crippen LogP contribution in [0.1, 0.15) is 13.8 Å². The maximum atomic E-state index is 11.1. The Balaban J connectivity index is 2.34. The lowest BCUT2D eigenvalue weighted by molar-refractivity contribution is 0.147. The monoisotopic (exact) mass is 197 g/mol. The second-order valence-electron chi connectivity index (χ2n) is 3.49. The fraction of sp³-hybridized carbons (Fsp3) is 0.556. The predicted molar refractivity (Wildman–Crippen MR) is 53.0 cm³/mol. The number of rotatable bonds is 3. The summed E-state index contributed by atoms with van der Waals surface area (Å²) in [7, 11) is 1.78. The van der Waals surface area contributed by atoms with Crippen molar-refractivity contribution < 1.29 is 9.53 Å². The maximum Gasteiger partial charge on any atom is 0.412 e. The van der Waals surface area contributed by atoms with Crippen LogP contribution in [0.3, 0.4) is 0 Å². The molecule has 78 valence electrons. The van der Waals surface area contributed by atoms with Crippen molar-refractivity contribution in [2.24, 2.45) is 13.0 Å². The van der Waals surface area contributed by atoms with Crippen LogP contribution in [0.4, 0.5) is 10.6 Å². The van der Waals surface area contributed by atoms with Crippen LogP contribution < -0.4 is 5.32 Å². The summed E-state index contributed by atoms with van der Waals surface area (Å²) >= 11 is 0. The third kappa shape index (κ3) is 3.47. The highest BCUT2D eigenvalue weighted by Gasteiger charge is 2.05. The highest BCUT2D eigenvalue weighted by atomic mass is 16.5. The number of nitrogens with one attached hydrogen (secondary N) is 1. The predicted octanol–water partition coefficient (Wildman–Crippen LogP) is 1.62. The van der Waals surface area contributed by atoms with Gasteiger partial charge < -0.3 is 4.74 Å². The van der Waals surface area contributed by atoms with Crippen molar-refractivity contribution in [2.75, 3.05) is 11.9 Å². The topological polar surface area (TPSA) is 56.1 Å². The molecule has 0 radical (unpaired) electrons. The molecule has 1 rings (SSSR count). The number of amides is 1. The Morgan fingerprint density at radius 2 is 2.43 bits per heavy atom. The van der Waals surface area contributed by atoms with E-state index in [1.165, 1.54) is 0 Å². The molecule has 0 aliphatic heterocycles. The van der Waals surface area contributed by atoms with Gasteiger partial charge in [-0.25, -0.2) is 4.79 Å². The normalized spacial score (nSPS) is 10.3. The Bertz CT molecular complexity index is 307. The standard InChI is InChI=1S/C9H15N3O2/c1-7(2)6-14-9(13)10-8-4-5-12(3)11-8/h4-5,7H,6H2,1-3H3,(H,10,11,13). The SMILES string of the molecule is CC(C)COC(=O)Nc1ccn(C)n1. The van der Waals surface area contributed by atoms with Gasteiger partial charge in [-0.05, 0) is 5.92 Å². The molecule has 0 spiro atoms. The van der Waals surface area contributed by atoms with Gasteiger partial charge in [0.2, 0.25) is 0 Å². The van der Waals surface area contributed by atoms with Crippen LogP contribution in [0.5, 0.6) is 0 Å². The van der Waals surface area contributed by atoms with Gasteiger partial charge in [0, 0.05) is 19.3 Å². The highest BCUT2D eigenvalue weighted by molar-refractivity contribution is 5.83. The Labute approximate surface area is 83.1 Å². The molecular formula is C9H15N3O2. The van der Waals surface area contributed by atoms with E-state index in [-0.39, 0.29) is 0 Å². The maximum absolute atomic E-state index is 11.1. The molecule has 1 aromatic rings. The first kappa shape index (κ1) is 10.6. The molecule has 1 heterocycles. The lowest BCUT2D eigenvalue weighted by atomic mass is 10.2. The van der Waals surface area contributed by atoms with Crippen LogP contribution in [-0.4, -0.2) is 22.5 Å². The molecule has 1 N–H and O–H groups in total. The van der Waals surface area contributed by atoms with Gasteiger partial charge in [-0.1, -0.05) is 13.8 Å². The molecule has 1 aromatic heterocycles. The number of carbonyl (C=O) groups excluding carboxylic acids is 1. The number of ether oxygens (including phenoxy) is 1. The van der Waals surface area contributed by atoms with Gasteiger partial charge in [-0.3, -0.25) is 10.00 Å². The molecule has 1 amide bonds. The summed E-state index contributed by atoms with van der Waals surface area (Å²) in [5.74, 6) is 0.839. The summed E-state index contributed by atoms with van der Waals surface area (Å²) in [5, 5.41) is 6.51. The second-order valence-corrected chi connectivity index (χ2v) is 3.49. The van der Waals surface area contributed by atoms with Gasteiger partial charge in [0.25, 0.3) is 0 Å². The Morgan fingerprint density at radius 3 is 2.93 bits per heavy atom. The Morgan fingerprint density at radius 1 is 1.71 bits per heavy atom. The van der Waals surface area contributed by atoms with E-state index >= 15 is 0 Å². The summed E-state index contributed by atoms with van der Waals surface area (Å²) in [6, 6.07) is 1.70. The fourth-order valence-electron chi connectivity index (χ4n) is 0.865. The first-order valence-electron chi connectivity index (χ1n) is 4.51. The van der Waals surface area contributed by atoms with Crippen LogP contribution in [0.15, 0.2) is 12.3 Å². The van der Waals surface area contributed by atoms with Crippen molar-refractivity contribution in [3.63, 3.8) is 0 Å². The van der Waals surface area contributed by atoms with E-state index in [0.717, 1.165) is 0 Å². The summed E-state index contributed by atoms with van der Waals surface area (Å²) in [5.41, 5.74) is 0. The summed E-state index contributed by atoms with van der Waals surface area (Å²) in [6.07, 6.45) is 1.29. The van der Waals surface area contributed by atoms with Crippen molar-refractivity contribution in [3.05, 3.63) is 12.3 Å². The number of aryl methyl sites for hydroxylation is 1. The number of carbonyl (C=O) groups is 1. The number of anilines is 1. The molecule has 0 saturated carbocycles. The molecule has 0 aromatic carbocycles. The zero-order valence-electron chi connectivity index (χ0n) is 8.65. The minimum atomic E-state index is -0.461. The number of aromatic nitrogens is 2. The van der Waals surface area contributed by atoms with Crippen LogP contribution in [-0.2, 0) is 11.8 Å². The van der Waals surface area contributed by atoms with Gasteiger partial charge >= 0.3 is 6.09 Å². The molecule has 5 heteroatoms. The lowest BCUT2D eigenvalue weighted by Gasteiger charge is -2.06. The fourth-order valence-corrected chi connectivity index (χ4v) is 0.865. The van der Waals surface area contributed by atoms with Crippen molar-refractivity contribution in [3.8, 4) is 0 Å². The molecule has 5 nitrogen and oxygen atoms in total. The zero-order chi connectivity index (χ0) is 10.6. The van der Waals surface area contributed by atoms with E-state index in [9.17, 15) is 4.79 Å². The Hall–Kier alpha value is -1.52. The van der Waals surface area contributed by atoms with Crippen LogP contribution in [0, 0.1) is 5.92 Å². The number of hydrogen-bond donors (Lipinski definition) is 1. The van der Waals surface area contributed by atoms with E-state index in [1.807, 2.05) is 13.8 Å². The first-order valence-corrected chi connectivity index (χ1v) is 4.51. The largest absolute Gasteiger partial charge is 0.449 e. The molecule has 0 fully saturated rings. The quantitative estimate of drug-likeness (QED) is 0.801. The second kappa shape index (κ2) is 4.64. The van der Waals surface area contributed by atoms with Crippen LogP contribution in [0.2, 0.25) is 0 Å². The number of hydrogen-bond acceptors (Lipinski definition) is 3. The average Bonchev–Trinajstić information content (AvgIpc) is 2.48. The minimum absolute atomic E-state index is 0.337. The van der Waals surface area contributed by atoms with E-state index in [2.05, 4.69) is 10.4 Å².